The van der Waals surface area contributed by atoms with Crippen molar-refractivity contribution >= 4 is 11.5 Å². The number of hydrogen-bond donors (Lipinski definition) is 2. The van der Waals surface area contributed by atoms with Crippen LogP contribution in [0.1, 0.15) is 37.0 Å². The summed E-state index contributed by atoms with van der Waals surface area (Å²) < 4.78 is 5.40. The fraction of sp³-hybridized carbons (Fsp3) is 0.417. The van der Waals surface area contributed by atoms with E-state index < -0.39 is 0 Å². The summed E-state index contributed by atoms with van der Waals surface area (Å²) in [6.07, 6.45) is 1.95. The van der Waals surface area contributed by atoms with Crippen LogP contribution in [0.5, 0.6) is 11.5 Å². The molecule has 0 unspecified atom stereocenters. The lowest BCUT2D eigenvalue weighted by molar-refractivity contribution is 0.101. The zero-order valence-electron chi connectivity index (χ0n) is 9.62. The fourth-order valence-corrected chi connectivity index (χ4v) is 1.33. The van der Waals surface area contributed by atoms with E-state index in [0.29, 0.717) is 12.4 Å². The van der Waals surface area contributed by atoms with E-state index in [1.54, 1.807) is 6.07 Å². The Hall–Kier alpha value is -1.71. The highest BCUT2D eigenvalue weighted by Gasteiger charge is 2.13. The Labute approximate surface area is 95.0 Å². The molecule has 0 amide bonds. The molecule has 0 saturated heterocycles. The van der Waals surface area contributed by atoms with Gasteiger partial charge in [0.15, 0.2) is 11.5 Å². The standard InChI is InChI=1S/C12H17NO3/c1-3-4-7-16-10-6-5-9(8(2)14)12(15)11(10)13/h5-6,15H,3-4,7,13H2,1-2H3. The second-order valence-electron chi connectivity index (χ2n) is 3.63. The molecule has 0 fully saturated rings. The molecule has 0 saturated carbocycles. The van der Waals surface area contributed by atoms with Crippen LogP contribution >= 0.6 is 0 Å². The number of carbonyl (C=O) groups excluding carboxylic acids is 1. The normalized spacial score (nSPS) is 10.1. The molecule has 0 atom stereocenters. The van der Waals surface area contributed by atoms with Gasteiger partial charge in [-0.3, -0.25) is 4.79 Å². The zero-order valence-corrected chi connectivity index (χ0v) is 9.62. The number of Topliss-reactive ketones (excluding diaryl/α,β-unsaturated/α-hetero) is 1. The topological polar surface area (TPSA) is 72.5 Å². The van der Waals surface area contributed by atoms with Gasteiger partial charge in [-0.25, -0.2) is 0 Å². The van der Waals surface area contributed by atoms with Crippen LogP contribution in [0.15, 0.2) is 12.1 Å². The summed E-state index contributed by atoms with van der Waals surface area (Å²) in [5.74, 6) is 0.0155. The average molecular weight is 223 g/mol. The third-order valence-corrected chi connectivity index (χ3v) is 2.31. The molecule has 0 spiro atoms. The van der Waals surface area contributed by atoms with Gasteiger partial charge >= 0.3 is 0 Å². The number of phenols is 1. The number of nitrogens with two attached hydrogens (primary N) is 1. The van der Waals surface area contributed by atoms with Crippen molar-refractivity contribution in [3.8, 4) is 11.5 Å². The van der Waals surface area contributed by atoms with Crippen molar-refractivity contribution in [3.63, 3.8) is 0 Å². The second-order valence-corrected chi connectivity index (χ2v) is 3.63. The van der Waals surface area contributed by atoms with E-state index in [-0.39, 0.29) is 22.8 Å². The maximum Gasteiger partial charge on any atom is 0.163 e. The molecule has 0 heterocycles. The lowest BCUT2D eigenvalue weighted by atomic mass is 10.1. The summed E-state index contributed by atoms with van der Waals surface area (Å²) in [6, 6.07) is 3.14. The quantitative estimate of drug-likeness (QED) is 0.348. The molecule has 3 N–H and O–H groups in total. The average Bonchev–Trinajstić information content (AvgIpc) is 2.24. The predicted molar refractivity (Wildman–Crippen MR) is 62.9 cm³/mol. The molecule has 1 rings (SSSR count). The highest BCUT2D eigenvalue weighted by molar-refractivity contribution is 5.99. The number of ether oxygens (including phenoxy) is 1. The Bertz CT molecular complexity index is 388. The van der Waals surface area contributed by atoms with Crippen molar-refractivity contribution in [2.75, 3.05) is 12.3 Å². The van der Waals surface area contributed by atoms with Gasteiger partial charge < -0.3 is 15.6 Å². The summed E-state index contributed by atoms with van der Waals surface area (Å²) in [7, 11) is 0. The number of phenolic OH excluding ortho intramolecular Hbond substituents is 1. The van der Waals surface area contributed by atoms with Crippen LogP contribution < -0.4 is 10.5 Å². The molecular weight excluding hydrogens is 206 g/mol. The number of rotatable bonds is 5. The van der Waals surface area contributed by atoms with Gasteiger partial charge in [-0.15, -0.1) is 0 Å². The van der Waals surface area contributed by atoms with Crippen LogP contribution in [0, 0.1) is 0 Å². The Morgan fingerprint density at radius 2 is 2.19 bits per heavy atom. The van der Waals surface area contributed by atoms with Gasteiger partial charge in [-0.05, 0) is 25.5 Å². The molecule has 0 aliphatic rings. The van der Waals surface area contributed by atoms with Crippen LogP contribution in [0.2, 0.25) is 0 Å². The van der Waals surface area contributed by atoms with Crippen molar-refractivity contribution in [2.24, 2.45) is 0 Å². The molecule has 0 radical (unpaired) electrons. The van der Waals surface area contributed by atoms with Gasteiger partial charge in [-0.1, -0.05) is 13.3 Å². The first-order valence-corrected chi connectivity index (χ1v) is 5.33. The first-order valence-electron chi connectivity index (χ1n) is 5.33. The summed E-state index contributed by atoms with van der Waals surface area (Å²) >= 11 is 0. The Morgan fingerprint density at radius 3 is 2.75 bits per heavy atom. The first kappa shape index (κ1) is 12.4. The van der Waals surface area contributed by atoms with E-state index in [4.69, 9.17) is 10.5 Å². The molecule has 0 aromatic heterocycles. The summed E-state index contributed by atoms with van der Waals surface area (Å²) in [5.41, 5.74) is 6.03. The van der Waals surface area contributed by atoms with Crippen molar-refractivity contribution in [1.29, 1.82) is 0 Å². The minimum atomic E-state index is -0.218. The fourth-order valence-electron chi connectivity index (χ4n) is 1.33. The van der Waals surface area contributed by atoms with Crippen molar-refractivity contribution < 1.29 is 14.6 Å². The van der Waals surface area contributed by atoms with Crippen LogP contribution in [0.25, 0.3) is 0 Å². The maximum atomic E-state index is 11.1. The van der Waals surface area contributed by atoms with E-state index in [1.165, 1.54) is 13.0 Å². The number of carbonyl (C=O) groups is 1. The monoisotopic (exact) mass is 223 g/mol. The maximum absolute atomic E-state index is 11.1. The minimum absolute atomic E-state index is 0.129. The lowest BCUT2D eigenvalue weighted by Gasteiger charge is -2.11. The van der Waals surface area contributed by atoms with E-state index >= 15 is 0 Å². The van der Waals surface area contributed by atoms with Crippen LogP contribution in [0.3, 0.4) is 0 Å². The number of benzene rings is 1. The highest BCUT2D eigenvalue weighted by atomic mass is 16.5. The summed E-state index contributed by atoms with van der Waals surface area (Å²) in [6.45, 7) is 3.99. The molecule has 4 heteroatoms. The Morgan fingerprint density at radius 1 is 1.50 bits per heavy atom. The second kappa shape index (κ2) is 5.39. The molecule has 4 nitrogen and oxygen atoms in total. The largest absolute Gasteiger partial charge is 0.505 e. The van der Waals surface area contributed by atoms with Crippen molar-refractivity contribution in [3.05, 3.63) is 17.7 Å². The van der Waals surface area contributed by atoms with Gasteiger partial charge in [-0.2, -0.15) is 0 Å². The van der Waals surface area contributed by atoms with Crippen LogP contribution in [-0.2, 0) is 0 Å². The smallest absolute Gasteiger partial charge is 0.163 e. The van der Waals surface area contributed by atoms with E-state index in [0.717, 1.165) is 12.8 Å². The van der Waals surface area contributed by atoms with Gasteiger partial charge in [0.2, 0.25) is 0 Å². The molecule has 0 aliphatic heterocycles. The molecule has 88 valence electrons. The third kappa shape index (κ3) is 2.66. The highest BCUT2D eigenvalue weighted by Crippen LogP contribution is 2.34. The van der Waals surface area contributed by atoms with Gasteiger partial charge in [0, 0.05) is 0 Å². The molecule has 16 heavy (non-hydrogen) atoms. The predicted octanol–water partition coefficient (Wildman–Crippen LogP) is 2.36. The van der Waals surface area contributed by atoms with Crippen LogP contribution in [0.4, 0.5) is 5.69 Å². The molecule has 1 aromatic rings. The van der Waals surface area contributed by atoms with Crippen molar-refractivity contribution in [2.45, 2.75) is 26.7 Å². The number of nitrogen functional groups attached to an aromatic ring is 1. The van der Waals surface area contributed by atoms with E-state index in [2.05, 4.69) is 6.92 Å². The molecule has 0 bridgehead atoms. The zero-order chi connectivity index (χ0) is 12.1. The summed E-state index contributed by atoms with van der Waals surface area (Å²) in [4.78, 5) is 11.1. The van der Waals surface area contributed by atoms with Gasteiger partial charge in [0.25, 0.3) is 0 Å². The SMILES string of the molecule is CCCCOc1ccc(C(C)=O)c(O)c1N. The van der Waals surface area contributed by atoms with Gasteiger partial charge in [0.1, 0.15) is 11.4 Å². The van der Waals surface area contributed by atoms with E-state index in [1.807, 2.05) is 0 Å². The molecule has 0 aliphatic carbocycles. The third-order valence-electron chi connectivity index (χ3n) is 2.31. The number of anilines is 1. The molecular formula is C12H17NO3. The minimum Gasteiger partial charge on any atom is -0.505 e. The Kier molecular flexibility index (Phi) is 4.17. The first-order chi connectivity index (χ1) is 7.57. The number of aromatic hydroxyl groups is 1. The lowest BCUT2D eigenvalue weighted by Crippen LogP contribution is -2.02. The number of hydrogen-bond acceptors (Lipinski definition) is 4. The van der Waals surface area contributed by atoms with Gasteiger partial charge in [0.05, 0.1) is 12.2 Å². The summed E-state index contributed by atoms with van der Waals surface area (Å²) in [5, 5.41) is 9.68. The number of ketones is 1. The number of unbranched alkanes of at least 4 members (excludes halogenated alkanes) is 1. The molecule has 1 aromatic carbocycles. The van der Waals surface area contributed by atoms with Crippen LogP contribution in [-0.4, -0.2) is 17.5 Å². The van der Waals surface area contributed by atoms with E-state index in [9.17, 15) is 9.90 Å². The van der Waals surface area contributed by atoms with Crippen molar-refractivity contribution in [1.82, 2.24) is 0 Å². The Balaban J connectivity index is 2.89.